The molecular formula is C14H19F2N3O. The lowest BCUT2D eigenvalue weighted by atomic mass is 10.3. The lowest BCUT2D eigenvalue weighted by Gasteiger charge is -2.20. The van der Waals surface area contributed by atoms with E-state index in [0.717, 1.165) is 25.1 Å². The second kappa shape index (κ2) is 7.07. The molecule has 1 fully saturated rings. The molecule has 20 heavy (non-hydrogen) atoms. The number of hydrogen-bond donors (Lipinski definition) is 1. The number of hydrogen-bond acceptors (Lipinski definition) is 2. The fourth-order valence-electron chi connectivity index (χ4n) is 2.18. The van der Waals surface area contributed by atoms with Crippen LogP contribution in [0.2, 0.25) is 0 Å². The standard InChI is InChI=1S/C14H19F2N3O/c1-17-14(19-7-2-3-8-19)18-6-9-20-13-5-4-11(15)10-12(13)16/h4-5,10H,2-3,6-9H2,1H3,(H,17,18). The number of guanidine groups is 1. The van der Waals surface area contributed by atoms with Crippen LogP contribution in [0, 0.1) is 11.6 Å². The Morgan fingerprint density at radius 2 is 2.10 bits per heavy atom. The van der Waals surface area contributed by atoms with Gasteiger partial charge in [0.25, 0.3) is 0 Å². The second-order valence-corrected chi connectivity index (χ2v) is 4.59. The third kappa shape index (κ3) is 3.82. The van der Waals surface area contributed by atoms with Crippen LogP contribution in [0.5, 0.6) is 5.75 Å². The van der Waals surface area contributed by atoms with Crippen LogP contribution < -0.4 is 10.1 Å². The van der Waals surface area contributed by atoms with E-state index in [4.69, 9.17) is 4.74 Å². The Labute approximate surface area is 117 Å². The molecule has 1 aromatic rings. The van der Waals surface area contributed by atoms with Crippen LogP contribution in [0.25, 0.3) is 0 Å². The number of likely N-dealkylation sites (tertiary alicyclic amines) is 1. The number of benzene rings is 1. The van der Waals surface area contributed by atoms with Gasteiger partial charge in [-0.05, 0) is 25.0 Å². The maximum atomic E-state index is 13.3. The predicted octanol–water partition coefficient (Wildman–Crippen LogP) is 2.01. The van der Waals surface area contributed by atoms with Crippen LogP contribution >= 0.6 is 0 Å². The van der Waals surface area contributed by atoms with Crippen molar-refractivity contribution >= 4 is 5.96 Å². The molecule has 1 saturated heterocycles. The fraction of sp³-hybridized carbons (Fsp3) is 0.500. The van der Waals surface area contributed by atoms with Gasteiger partial charge in [0.15, 0.2) is 17.5 Å². The Morgan fingerprint density at radius 1 is 1.35 bits per heavy atom. The highest BCUT2D eigenvalue weighted by molar-refractivity contribution is 5.80. The summed E-state index contributed by atoms with van der Waals surface area (Å²) in [6.45, 7) is 2.82. The highest BCUT2D eigenvalue weighted by atomic mass is 19.1. The zero-order valence-corrected chi connectivity index (χ0v) is 11.5. The Balaban J connectivity index is 1.75. The first-order chi connectivity index (χ1) is 9.70. The van der Waals surface area contributed by atoms with Gasteiger partial charge < -0.3 is 15.0 Å². The van der Waals surface area contributed by atoms with E-state index in [2.05, 4.69) is 15.2 Å². The van der Waals surface area contributed by atoms with Gasteiger partial charge in [-0.1, -0.05) is 0 Å². The van der Waals surface area contributed by atoms with E-state index in [0.29, 0.717) is 6.54 Å². The number of aliphatic imine (C=N–C) groups is 1. The zero-order chi connectivity index (χ0) is 14.4. The summed E-state index contributed by atoms with van der Waals surface area (Å²) in [6.07, 6.45) is 2.36. The molecule has 1 aromatic carbocycles. The molecule has 1 aliphatic heterocycles. The van der Waals surface area contributed by atoms with Gasteiger partial charge in [-0.2, -0.15) is 0 Å². The van der Waals surface area contributed by atoms with Crippen molar-refractivity contribution in [3.63, 3.8) is 0 Å². The smallest absolute Gasteiger partial charge is 0.193 e. The quantitative estimate of drug-likeness (QED) is 0.522. The molecule has 110 valence electrons. The number of halogens is 2. The molecule has 6 heteroatoms. The van der Waals surface area contributed by atoms with Gasteiger partial charge in [-0.3, -0.25) is 4.99 Å². The molecule has 0 saturated carbocycles. The molecular weight excluding hydrogens is 264 g/mol. The van der Waals surface area contributed by atoms with Gasteiger partial charge in [0.2, 0.25) is 0 Å². The third-order valence-electron chi connectivity index (χ3n) is 3.15. The van der Waals surface area contributed by atoms with Crippen molar-refractivity contribution in [1.29, 1.82) is 0 Å². The Hall–Kier alpha value is -1.85. The van der Waals surface area contributed by atoms with Crippen LogP contribution in [-0.4, -0.2) is 44.1 Å². The third-order valence-corrected chi connectivity index (χ3v) is 3.15. The number of nitrogens with zero attached hydrogens (tertiary/aromatic N) is 2. The molecule has 1 aliphatic rings. The van der Waals surface area contributed by atoms with Crippen molar-refractivity contribution in [1.82, 2.24) is 10.2 Å². The molecule has 0 unspecified atom stereocenters. The van der Waals surface area contributed by atoms with Crippen molar-refractivity contribution < 1.29 is 13.5 Å². The molecule has 0 radical (unpaired) electrons. The number of nitrogens with one attached hydrogen (secondary N) is 1. The molecule has 0 amide bonds. The van der Waals surface area contributed by atoms with Crippen molar-refractivity contribution in [2.75, 3.05) is 33.3 Å². The minimum Gasteiger partial charge on any atom is -0.489 e. The highest BCUT2D eigenvalue weighted by Crippen LogP contribution is 2.17. The largest absolute Gasteiger partial charge is 0.489 e. The predicted molar refractivity (Wildman–Crippen MR) is 74.0 cm³/mol. The van der Waals surface area contributed by atoms with Gasteiger partial charge in [0, 0.05) is 26.2 Å². The van der Waals surface area contributed by atoms with E-state index in [1.807, 2.05) is 0 Å². The summed E-state index contributed by atoms with van der Waals surface area (Å²) in [6, 6.07) is 3.28. The molecule has 2 rings (SSSR count). The first kappa shape index (κ1) is 14.6. The molecule has 0 aromatic heterocycles. The zero-order valence-electron chi connectivity index (χ0n) is 11.5. The van der Waals surface area contributed by atoms with E-state index < -0.39 is 11.6 Å². The maximum absolute atomic E-state index is 13.3. The molecule has 0 atom stereocenters. The van der Waals surface area contributed by atoms with Gasteiger partial charge in [-0.25, -0.2) is 8.78 Å². The van der Waals surface area contributed by atoms with Crippen LogP contribution in [0.4, 0.5) is 8.78 Å². The average Bonchev–Trinajstić information content (AvgIpc) is 2.95. The van der Waals surface area contributed by atoms with E-state index in [1.165, 1.54) is 25.0 Å². The topological polar surface area (TPSA) is 36.9 Å². The number of rotatable bonds is 4. The summed E-state index contributed by atoms with van der Waals surface area (Å²) < 4.78 is 31.3. The van der Waals surface area contributed by atoms with Crippen molar-refractivity contribution in [3.05, 3.63) is 29.8 Å². The molecule has 4 nitrogen and oxygen atoms in total. The van der Waals surface area contributed by atoms with Crippen LogP contribution in [-0.2, 0) is 0 Å². The van der Waals surface area contributed by atoms with Crippen LogP contribution in [0.1, 0.15) is 12.8 Å². The van der Waals surface area contributed by atoms with E-state index >= 15 is 0 Å². The maximum Gasteiger partial charge on any atom is 0.193 e. The molecule has 1 N–H and O–H groups in total. The summed E-state index contributed by atoms with van der Waals surface area (Å²) in [5.74, 6) is -0.397. The Bertz CT molecular complexity index is 473. The monoisotopic (exact) mass is 283 g/mol. The van der Waals surface area contributed by atoms with Gasteiger partial charge in [-0.15, -0.1) is 0 Å². The van der Waals surface area contributed by atoms with E-state index in [1.54, 1.807) is 7.05 Å². The first-order valence-corrected chi connectivity index (χ1v) is 6.74. The summed E-state index contributed by atoms with van der Waals surface area (Å²) in [7, 11) is 1.74. The molecule has 0 spiro atoms. The normalized spacial score (nSPS) is 15.6. The summed E-state index contributed by atoms with van der Waals surface area (Å²) in [5, 5.41) is 3.17. The van der Waals surface area contributed by atoms with Crippen LogP contribution in [0.15, 0.2) is 23.2 Å². The van der Waals surface area contributed by atoms with Gasteiger partial charge in [0.1, 0.15) is 12.4 Å². The van der Waals surface area contributed by atoms with Crippen molar-refractivity contribution in [2.45, 2.75) is 12.8 Å². The van der Waals surface area contributed by atoms with Crippen molar-refractivity contribution in [3.8, 4) is 5.75 Å². The minimum atomic E-state index is -0.686. The van der Waals surface area contributed by atoms with Crippen molar-refractivity contribution in [2.24, 2.45) is 4.99 Å². The molecule has 0 aliphatic carbocycles. The Morgan fingerprint density at radius 3 is 2.75 bits per heavy atom. The second-order valence-electron chi connectivity index (χ2n) is 4.59. The first-order valence-electron chi connectivity index (χ1n) is 6.74. The van der Waals surface area contributed by atoms with Gasteiger partial charge >= 0.3 is 0 Å². The number of ether oxygens (including phenoxy) is 1. The highest BCUT2D eigenvalue weighted by Gasteiger charge is 2.15. The summed E-state index contributed by atoms with van der Waals surface area (Å²) in [5.41, 5.74) is 0. The average molecular weight is 283 g/mol. The molecule has 1 heterocycles. The summed E-state index contributed by atoms with van der Waals surface area (Å²) >= 11 is 0. The summed E-state index contributed by atoms with van der Waals surface area (Å²) in [4.78, 5) is 6.38. The van der Waals surface area contributed by atoms with Crippen LogP contribution in [0.3, 0.4) is 0 Å². The fourth-order valence-corrected chi connectivity index (χ4v) is 2.18. The Kier molecular flexibility index (Phi) is 5.15. The van der Waals surface area contributed by atoms with E-state index in [-0.39, 0.29) is 12.4 Å². The van der Waals surface area contributed by atoms with E-state index in [9.17, 15) is 8.78 Å². The SMILES string of the molecule is CN=C(NCCOc1ccc(F)cc1F)N1CCCC1. The lowest BCUT2D eigenvalue weighted by Crippen LogP contribution is -2.41. The molecule has 0 bridgehead atoms. The van der Waals surface area contributed by atoms with Gasteiger partial charge in [0.05, 0.1) is 6.54 Å². The minimum absolute atomic E-state index is 0.0596. The lowest BCUT2D eigenvalue weighted by molar-refractivity contribution is 0.302.